The van der Waals surface area contributed by atoms with Gasteiger partial charge in [0, 0.05) is 30.6 Å². The first-order chi connectivity index (χ1) is 12.2. The van der Waals surface area contributed by atoms with Crippen molar-refractivity contribution in [3.8, 4) is 11.5 Å². The maximum Gasteiger partial charge on any atom is 0.356 e. The van der Waals surface area contributed by atoms with Crippen LogP contribution < -0.4 is 9.47 Å². The van der Waals surface area contributed by atoms with Crippen molar-refractivity contribution >= 4 is 40.9 Å². The van der Waals surface area contributed by atoms with Gasteiger partial charge in [-0.05, 0) is 34.1 Å². The topological polar surface area (TPSA) is 66.9 Å². The number of rotatable bonds is 8. The average Bonchev–Trinajstić information content (AvgIpc) is 2.59. The first-order valence-electron chi connectivity index (χ1n) is 8.22. The maximum absolute atomic E-state index is 11.9. The van der Waals surface area contributed by atoms with Crippen LogP contribution in [0.25, 0.3) is 10.9 Å². The van der Waals surface area contributed by atoms with Crippen molar-refractivity contribution in [1.82, 2.24) is 4.98 Å². The van der Waals surface area contributed by atoms with Crippen LogP contribution in [0.5, 0.6) is 11.5 Å². The van der Waals surface area contributed by atoms with E-state index < -0.39 is 14.0 Å². The largest absolute Gasteiger partial charge is 0.497 e. The molecule has 1 aromatic carbocycles. The van der Waals surface area contributed by atoms with Crippen molar-refractivity contribution in [2.45, 2.75) is 25.7 Å². The van der Waals surface area contributed by atoms with E-state index in [0.29, 0.717) is 28.1 Å². The Balaban J connectivity index is 2.29. The van der Waals surface area contributed by atoms with Gasteiger partial charge in [0.25, 0.3) is 0 Å². The minimum Gasteiger partial charge on any atom is -0.497 e. The number of nitrogens with zero attached hydrogens (tertiary/aromatic N) is 1. The molecule has 6 nitrogen and oxygen atoms in total. The van der Waals surface area contributed by atoms with Gasteiger partial charge in [0.1, 0.15) is 11.5 Å². The van der Waals surface area contributed by atoms with Crippen molar-refractivity contribution in [3.63, 3.8) is 0 Å². The molecule has 142 valence electrons. The number of benzene rings is 1. The van der Waals surface area contributed by atoms with Gasteiger partial charge in [-0.1, -0.05) is 19.6 Å². The Kier molecular flexibility index (Phi) is 7.02. The second-order valence-corrected chi connectivity index (χ2v) is 13.5. The van der Waals surface area contributed by atoms with Crippen LogP contribution in [-0.2, 0) is 9.47 Å². The maximum atomic E-state index is 11.9. The minimum atomic E-state index is -1.15. The number of ether oxygens (including phenoxy) is 4. The van der Waals surface area contributed by atoms with Gasteiger partial charge >= 0.3 is 5.97 Å². The average molecular weight is 442 g/mol. The molecule has 0 fully saturated rings. The number of fused-ring (bicyclic) bond motifs is 1. The van der Waals surface area contributed by atoms with E-state index in [1.165, 1.54) is 7.11 Å². The molecule has 2 aromatic rings. The van der Waals surface area contributed by atoms with Gasteiger partial charge in [-0.15, -0.1) is 0 Å². The molecule has 0 saturated carbocycles. The molecule has 0 radical (unpaired) electrons. The predicted molar refractivity (Wildman–Crippen MR) is 107 cm³/mol. The van der Waals surface area contributed by atoms with Gasteiger partial charge < -0.3 is 18.9 Å². The SMILES string of the molecule is COC(=O)c1cc(OCOCC[Si](C)(C)C)c2cc(OC)cc(Br)c2n1. The second kappa shape index (κ2) is 8.83. The van der Waals surface area contributed by atoms with Gasteiger partial charge in [-0.3, -0.25) is 0 Å². The summed E-state index contributed by atoms with van der Waals surface area (Å²) in [5.41, 5.74) is 0.758. The van der Waals surface area contributed by atoms with E-state index in [-0.39, 0.29) is 12.5 Å². The van der Waals surface area contributed by atoms with Crippen molar-refractivity contribution in [1.29, 1.82) is 0 Å². The van der Waals surface area contributed by atoms with E-state index in [9.17, 15) is 4.79 Å². The highest BCUT2D eigenvalue weighted by Crippen LogP contribution is 2.34. The van der Waals surface area contributed by atoms with Crippen LogP contribution in [0, 0.1) is 0 Å². The summed E-state index contributed by atoms with van der Waals surface area (Å²) in [5, 5.41) is 0.720. The highest BCUT2D eigenvalue weighted by Gasteiger charge is 2.17. The van der Waals surface area contributed by atoms with Gasteiger partial charge in [0.15, 0.2) is 12.5 Å². The van der Waals surface area contributed by atoms with Gasteiger partial charge in [-0.25, -0.2) is 9.78 Å². The summed E-state index contributed by atoms with van der Waals surface area (Å²) >= 11 is 3.47. The minimum absolute atomic E-state index is 0.0963. The summed E-state index contributed by atoms with van der Waals surface area (Å²) < 4.78 is 22.2. The normalized spacial score (nSPS) is 11.5. The van der Waals surface area contributed by atoms with Gasteiger partial charge in [-0.2, -0.15) is 0 Å². The van der Waals surface area contributed by atoms with Gasteiger partial charge in [0.05, 0.1) is 19.7 Å². The molecule has 1 aromatic heterocycles. The van der Waals surface area contributed by atoms with Crippen LogP contribution >= 0.6 is 15.9 Å². The smallest absolute Gasteiger partial charge is 0.356 e. The molecule has 0 N–H and O–H groups in total. The Morgan fingerprint density at radius 3 is 2.54 bits per heavy atom. The molecular weight excluding hydrogens is 418 g/mol. The summed E-state index contributed by atoms with van der Waals surface area (Å²) in [6, 6.07) is 6.21. The zero-order chi connectivity index (χ0) is 19.3. The van der Waals surface area contributed by atoms with Crippen LogP contribution in [0.3, 0.4) is 0 Å². The number of carbonyl (C=O) groups is 1. The highest BCUT2D eigenvalue weighted by atomic mass is 79.9. The molecule has 0 aliphatic carbocycles. The third-order valence-electron chi connectivity index (χ3n) is 3.73. The number of pyridine rings is 1. The molecule has 0 saturated heterocycles. The quantitative estimate of drug-likeness (QED) is 0.260. The molecule has 0 atom stereocenters. The summed E-state index contributed by atoms with van der Waals surface area (Å²) in [6.07, 6.45) is 0. The highest BCUT2D eigenvalue weighted by molar-refractivity contribution is 9.10. The monoisotopic (exact) mass is 441 g/mol. The third kappa shape index (κ3) is 5.42. The van der Waals surface area contributed by atoms with Crippen molar-refractivity contribution in [2.24, 2.45) is 0 Å². The number of hydrogen-bond donors (Lipinski definition) is 0. The summed E-state index contributed by atoms with van der Waals surface area (Å²) in [6.45, 7) is 7.62. The molecule has 0 amide bonds. The van der Waals surface area contributed by atoms with Crippen LogP contribution in [0.15, 0.2) is 22.7 Å². The summed E-state index contributed by atoms with van der Waals surface area (Å²) in [7, 11) is 1.75. The lowest BCUT2D eigenvalue weighted by molar-refractivity contribution is 0.0227. The summed E-state index contributed by atoms with van der Waals surface area (Å²) in [5.74, 6) is 0.614. The molecule has 8 heteroatoms. The fourth-order valence-corrected chi connectivity index (χ4v) is 3.50. The molecule has 0 aliphatic heterocycles. The number of aromatic nitrogens is 1. The first-order valence-corrected chi connectivity index (χ1v) is 12.7. The third-order valence-corrected chi connectivity index (χ3v) is 6.04. The number of esters is 1. The lowest BCUT2D eigenvalue weighted by Gasteiger charge is -2.16. The number of methoxy groups -OCH3 is 2. The predicted octanol–water partition coefficient (Wildman–Crippen LogP) is 4.48. The number of halogens is 1. The second-order valence-electron chi connectivity index (χ2n) is 6.98. The Morgan fingerprint density at radius 1 is 1.19 bits per heavy atom. The molecule has 26 heavy (non-hydrogen) atoms. The van der Waals surface area contributed by atoms with E-state index in [4.69, 9.17) is 18.9 Å². The standard InChI is InChI=1S/C18H24BrNO5Si/c1-22-12-8-13-16(25-11-24-6-7-26(3,4)5)10-15(18(21)23-2)20-17(13)14(19)9-12/h8-10H,6-7,11H2,1-5H3. The van der Waals surface area contributed by atoms with Crippen LogP contribution in [0.2, 0.25) is 25.7 Å². The molecule has 0 unspecified atom stereocenters. The fourth-order valence-electron chi connectivity index (χ4n) is 2.22. The van der Waals surface area contributed by atoms with E-state index >= 15 is 0 Å². The van der Waals surface area contributed by atoms with Crippen molar-refractivity contribution in [2.75, 3.05) is 27.6 Å². The fraction of sp³-hybridized carbons (Fsp3) is 0.444. The molecule has 0 spiro atoms. The van der Waals surface area contributed by atoms with Crippen LogP contribution in [-0.4, -0.2) is 46.6 Å². The molecular formula is C18H24BrNO5Si. The van der Waals surface area contributed by atoms with E-state index in [2.05, 4.69) is 40.6 Å². The number of hydrogen-bond acceptors (Lipinski definition) is 6. The van der Waals surface area contributed by atoms with Crippen LogP contribution in [0.4, 0.5) is 0 Å². The Labute approximate surface area is 162 Å². The Hall–Kier alpha value is -1.64. The molecule has 0 aliphatic rings. The zero-order valence-electron chi connectivity index (χ0n) is 15.7. The van der Waals surface area contributed by atoms with E-state index in [0.717, 1.165) is 11.4 Å². The lowest BCUT2D eigenvalue weighted by atomic mass is 10.1. The molecule has 1 heterocycles. The van der Waals surface area contributed by atoms with Gasteiger partial charge in [0.2, 0.25) is 0 Å². The van der Waals surface area contributed by atoms with E-state index in [1.54, 1.807) is 19.2 Å². The Bertz CT molecular complexity index is 791. The van der Waals surface area contributed by atoms with Crippen LogP contribution in [0.1, 0.15) is 10.5 Å². The Morgan fingerprint density at radius 2 is 1.92 bits per heavy atom. The van der Waals surface area contributed by atoms with Crippen molar-refractivity contribution < 1.29 is 23.7 Å². The first kappa shape index (κ1) is 20.7. The lowest BCUT2D eigenvalue weighted by Crippen LogP contribution is -2.22. The molecule has 0 bridgehead atoms. The molecule has 2 rings (SSSR count). The number of carbonyl (C=O) groups excluding carboxylic acids is 1. The zero-order valence-corrected chi connectivity index (χ0v) is 18.3. The summed E-state index contributed by atoms with van der Waals surface area (Å²) in [4.78, 5) is 16.3. The van der Waals surface area contributed by atoms with Crippen molar-refractivity contribution in [3.05, 3.63) is 28.4 Å². The van der Waals surface area contributed by atoms with E-state index in [1.807, 2.05) is 6.07 Å².